The Morgan fingerprint density at radius 2 is 1.61 bits per heavy atom. The van der Waals surface area contributed by atoms with Gasteiger partial charge < -0.3 is 14.8 Å². The van der Waals surface area contributed by atoms with Gasteiger partial charge in [0.1, 0.15) is 11.5 Å². The molecule has 23 heavy (non-hydrogen) atoms. The van der Waals surface area contributed by atoms with Crippen molar-refractivity contribution in [1.82, 2.24) is 5.32 Å². The third-order valence-electron chi connectivity index (χ3n) is 3.95. The molecule has 0 saturated heterocycles. The summed E-state index contributed by atoms with van der Waals surface area (Å²) in [6, 6.07) is 15.3. The SMILES string of the molecule is COc1ccccc1C1=CC(=O)C[C@@H](c2ccccc2OC)N1. The van der Waals surface area contributed by atoms with E-state index < -0.39 is 0 Å². The first-order valence-corrected chi connectivity index (χ1v) is 7.50. The van der Waals surface area contributed by atoms with E-state index in [0.29, 0.717) is 6.42 Å². The van der Waals surface area contributed by atoms with Gasteiger partial charge in [0.15, 0.2) is 5.78 Å². The summed E-state index contributed by atoms with van der Waals surface area (Å²) in [6.45, 7) is 0. The topological polar surface area (TPSA) is 47.6 Å². The van der Waals surface area contributed by atoms with E-state index in [-0.39, 0.29) is 11.8 Å². The van der Waals surface area contributed by atoms with Crippen LogP contribution in [0.2, 0.25) is 0 Å². The summed E-state index contributed by atoms with van der Waals surface area (Å²) in [5.41, 5.74) is 2.63. The number of hydrogen-bond donors (Lipinski definition) is 1. The highest BCUT2D eigenvalue weighted by molar-refractivity contribution is 5.99. The van der Waals surface area contributed by atoms with Crippen LogP contribution in [0, 0.1) is 0 Å². The fourth-order valence-corrected chi connectivity index (χ4v) is 2.87. The number of carbonyl (C=O) groups excluding carboxylic acids is 1. The highest BCUT2D eigenvalue weighted by Crippen LogP contribution is 2.34. The number of benzene rings is 2. The number of para-hydroxylation sites is 2. The molecular formula is C19H19NO3. The summed E-state index contributed by atoms with van der Waals surface area (Å²) in [5.74, 6) is 1.60. The van der Waals surface area contributed by atoms with E-state index >= 15 is 0 Å². The third kappa shape index (κ3) is 3.06. The van der Waals surface area contributed by atoms with Gasteiger partial charge in [0.25, 0.3) is 0 Å². The molecule has 2 aromatic carbocycles. The number of allylic oxidation sites excluding steroid dienone is 1. The van der Waals surface area contributed by atoms with Gasteiger partial charge in [-0.2, -0.15) is 0 Å². The van der Waals surface area contributed by atoms with E-state index in [1.165, 1.54) is 0 Å². The van der Waals surface area contributed by atoms with E-state index in [0.717, 1.165) is 28.3 Å². The Labute approximate surface area is 135 Å². The molecule has 0 bridgehead atoms. The molecule has 0 radical (unpaired) electrons. The molecule has 0 saturated carbocycles. The average molecular weight is 309 g/mol. The van der Waals surface area contributed by atoms with Gasteiger partial charge in [0, 0.05) is 29.3 Å². The monoisotopic (exact) mass is 309 g/mol. The van der Waals surface area contributed by atoms with Gasteiger partial charge in [-0.1, -0.05) is 30.3 Å². The molecule has 118 valence electrons. The second kappa shape index (κ2) is 6.57. The summed E-state index contributed by atoms with van der Waals surface area (Å²) in [7, 11) is 3.27. The zero-order chi connectivity index (χ0) is 16.2. The third-order valence-corrected chi connectivity index (χ3v) is 3.95. The number of ketones is 1. The van der Waals surface area contributed by atoms with E-state index in [4.69, 9.17) is 9.47 Å². The summed E-state index contributed by atoms with van der Waals surface area (Å²) in [6.07, 6.45) is 2.04. The Balaban J connectivity index is 1.97. The van der Waals surface area contributed by atoms with Gasteiger partial charge >= 0.3 is 0 Å². The second-order valence-corrected chi connectivity index (χ2v) is 5.37. The number of carbonyl (C=O) groups is 1. The molecule has 0 aliphatic carbocycles. The molecular weight excluding hydrogens is 290 g/mol. The summed E-state index contributed by atoms with van der Waals surface area (Å²) < 4.78 is 10.8. The number of hydrogen-bond acceptors (Lipinski definition) is 4. The lowest BCUT2D eigenvalue weighted by Crippen LogP contribution is -2.27. The zero-order valence-corrected chi connectivity index (χ0v) is 13.2. The van der Waals surface area contributed by atoms with Gasteiger partial charge in [-0.15, -0.1) is 0 Å². The first kappa shape index (κ1) is 15.2. The van der Waals surface area contributed by atoms with Crippen molar-refractivity contribution in [2.75, 3.05) is 14.2 Å². The van der Waals surface area contributed by atoms with Crippen molar-refractivity contribution in [2.45, 2.75) is 12.5 Å². The molecule has 0 unspecified atom stereocenters. The lowest BCUT2D eigenvalue weighted by Gasteiger charge is -2.27. The molecule has 2 aromatic rings. The maximum Gasteiger partial charge on any atom is 0.160 e. The standard InChI is InChI=1S/C19H19NO3/c1-22-18-9-5-3-7-14(18)16-11-13(21)12-17(20-16)15-8-4-6-10-19(15)23-2/h3-11,17,20H,12H2,1-2H3/t17-/m0/s1. The fourth-order valence-electron chi connectivity index (χ4n) is 2.87. The van der Waals surface area contributed by atoms with Gasteiger partial charge in [-0.3, -0.25) is 4.79 Å². The second-order valence-electron chi connectivity index (χ2n) is 5.37. The van der Waals surface area contributed by atoms with Crippen molar-refractivity contribution in [3.63, 3.8) is 0 Å². The maximum absolute atomic E-state index is 12.2. The van der Waals surface area contributed by atoms with Crippen molar-refractivity contribution in [2.24, 2.45) is 0 Å². The van der Waals surface area contributed by atoms with Crippen LogP contribution in [0.25, 0.3) is 5.70 Å². The van der Waals surface area contributed by atoms with Crippen LogP contribution < -0.4 is 14.8 Å². The summed E-state index contributed by atoms with van der Waals surface area (Å²) >= 11 is 0. The number of nitrogens with one attached hydrogen (secondary N) is 1. The Hall–Kier alpha value is -2.75. The molecule has 0 spiro atoms. The van der Waals surface area contributed by atoms with Crippen LogP contribution in [0.15, 0.2) is 54.6 Å². The minimum absolute atomic E-state index is 0.0839. The Morgan fingerprint density at radius 3 is 2.35 bits per heavy atom. The molecule has 0 fully saturated rings. The summed E-state index contributed by atoms with van der Waals surface area (Å²) in [4.78, 5) is 12.2. The van der Waals surface area contributed by atoms with Crippen molar-refractivity contribution in [3.05, 3.63) is 65.7 Å². The minimum Gasteiger partial charge on any atom is -0.496 e. The highest BCUT2D eigenvalue weighted by atomic mass is 16.5. The van der Waals surface area contributed by atoms with Crippen molar-refractivity contribution in [1.29, 1.82) is 0 Å². The van der Waals surface area contributed by atoms with Gasteiger partial charge in [-0.25, -0.2) is 0 Å². The van der Waals surface area contributed by atoms with Crippen LogP contribution >= 0.6 is 0 Å². The predicted octanol–water partition coefficient (Wildman–Crippen LogP) is 3.35. The van der Waals surface area contributed by atoms with Crippen molar-refractivity contribution < 1.29 is 14.3 Å². The Bertz CT molecular complexity index is 752. The van der Waals surface area contributed by atoms with Crippen LogP contribution in [0.4, 0.5) is 0 Å². The summed E-state index contributed by atoms with van der Waals surface area (Å²) in [5, 5.41) is 3.45. The molecule has 1 N–H and O–H groups in total. The van der Waals surface area contributed by atoms with E-state index in [2.05, 4.69) is 5.32 Å². The van der Waals surface area contributed by atoms with Crippen LogP contribution in [-0.2, 0) is 4.79 Å². The van der Waals surface area contributed by atoms with Gasteiger partial charge in [0.05, 0.1) is 20.3 Å². The Kier molecular flexibility index (Phi) is 4.33. The first-order valence-electron chi connectivity index (χ1n) is 7.50. The molecule has 1 atom stereocenters. The molecule has 0 aromatic heterocycles. The van der Waals surface area contributed by atoms with E-state index in [9.17, 15) is 4.79 Å². The van der Waals surface area contributed by atoms with Crippen molar-refractivity contribution in [3.8, 4) is 11.5 Å². The Morgan fingerprint density at radius 1 is 0.957 bits per heavy atom. The number of ether oxygens (including phenoxy) is 2. The molecule has 1 aliphatic heterocycles. The lowest BCUT2D eigenvalue weighted by atomic mass is 9.94. The van der Waals surface area contributed by atoms with Crippen LogP contribution in [0.1, 0.15) is 23.6 Å². The lowest BCUT2D eigenvalue weighted by molar-refractivity contribution is -0.115. The molecule has 3 rings (SSSR count). The molecule has 4 heteroatoms. The first-order chi connectivity index (χ1) is 11.2. The fraction of sp³-hybridized carbons (Fsp3) is 0.211. The maximum atomic E-state index is 12.2. The largest absolute Gasteiger partial charge is 0.496 e. The predicted molar refractivity (Wildman–Crippen MR) is 89.5 cm³/mol. The average Bonchev–Trinajstić information content (AvgIpc) is 2.61. The zero-order valence-electron chi connectivity index (χ0n) is 13.2. The van der Waals surface area contributed by atoms with Crippen LogP contribution in [0.3, 0.4) is 0 Å². The molecule has 0 amide bonds. The highest BCUT2D eigenvalue weighted by Gasteiger charge is 2.25. The molecule has 1 heterocycles. The van der Waals surface area contributed by atoms with E-state index in [1.54, 1.807) is 20.3 Å². The van der Waals surface area contributed by atoms with Gasteiger partial charge in [0.2, 0.25) is 0 Å². The van der Waals surface area contributed by atoms with Crippen LogP contribution in [-0.4, -0.2) is 20.0 Å². The smallest absolute Gasteiger partial charge is 0.160 e. The van der Waals surface area contributed by atoms with Gasteiger partial charge in [-0.05, 0) is 18.2 Å². The molecule has 4 nitrogen and oxygen atoms in total. The van der Waals surface area contributed by atoms with Crippen molar-refractivity contribution >= 4 is 11.5 Å². The quantitative estimate of drug-likeness (QED) is 0.941. The number of rotatable bonds is 4. The normalized spacial score (nSPS) is 17.2. The number of methoxy groups -OCH3 is 2. The van der Waals surface area contributed by atoms with Crippen LogP contribution in [0.5, 0.6) is 11.5 Å². The molecule has 1 aliphatic rings. The van der Waals surface area contributed by atoms with E-state index in [1.807, 2.05) is 48.5 Å². The minimum atomic E-state index is -0.122.